The molecule has 0 saturated heterocycles. The summed E-state index contributed by atoms with van der Waals surface area (Å²) in [5, 5.41) is 0. The van der Waals surface area contributed by atoms with Crippen LogP contribution >= 0.6 is 15.9 Å². The van der Waals surface area contributed by atoms with Gasteiger partial charge in [-0.05, 0) is 54.0 Å². The first-order chi connectivity index (χ1) is 7.36. The van der Waals surface area contributed by atoms with Gasteiger partial charge in [0.25, 0.3) is 0 Å². The van der Waals surface area contributed by atoms with Crippen molar-refractivity contribution in [2.75, 3.05) is 0 Å². The second kappa shape index (κ2) is 3.64. The Bertz CT molecular complexity index is 467. The van der Waals surface area contributed by atoms with Gasteiger partial charge in [-0.3, -0.25) is 0 Å². The number of hydrogen-bond acceptors (Lipinski definition) is 0. The standard InChI is InChI=1S/C14H13Br/c15-14-9-10-5-1-2-6-11(10)12-7-3-4-8-13(12)14/h1,4-5,8-9H,2-3,6-7H2. The van der Waals surface area contributed by atoms with Crippen LogP contribution in [0.15, 0.2) is 22.7 Å². The van der Waals surface area contributed by atoms with E-state index in [9.17, 15) is 0 Å². The largest absolute Gasteiger partial charge is 0.0836 e. The minimum absolute atomic E-state index is 1.19. The van der Waals surface area contributed by atoms with Crippen molar-refractivity contribution in [3.05, 3.63) is 44.9 Å². The highest BCUT2D eigenvalue weighted by Crippen LogP contribution is 2.35. The Labute approximate surface area is 98.8 Å². The molecule has 0 atom stereocenters. The van der Waals surface area contributed by atoms with Gasteiger partial charge in [-0.25, -0.2) is 0 Å². The molecule has 0 radical (unpaired) electrons. The summed E-state index contributed by atoms with van der Waals surface area (Å²) in [5.41, 5.74) is 5.99. The van der Waals surface area contributed by atoms with Gasteiger partial charge in [-0.2, -0.15) is 0 Å². The van der Waals surface area contributed by atoms with Gasteiger partial charge in [0.15, 0.2) is 0 Å². The lowest BCUT2D eigenvalue weighted by molar-refractivity contribution is 0.904. The van der Waals surface area contributed by atoms with E-state index in [0.29, 0.717) is 0 Å². The first-order valence-electron chi connectivity index (χ1n) is 5.53. The molecular weight excluding hydrogens is 248 g/mol. The van der Waals surface area contributed by atoms with Crippen LogP contribution in [0.2, 0.25) is 0 Å². The maximum atomic E-state index is 3.68. The SMILES string of the molecule is Brc1cc2c(c3c1C=CCC3)CCC=C2. The average Bonchev–Trinajstić information content (AvgIpc) is 2.30. The molecule has 2 aliphatic carbocycles. The molecule has 0 spiro atoms. The number of rotatable bonds is 0. The molecule has 0 aliphatic heterocycles. The lowest BCUT2D eigenvalue weighted by atomic mass is 9.85. The summed E-state index contributed by atoms with van der Waals surface area (Å²) in [4.78, 5) is 0. The third-order valence-electron chi connectivity index (χ3n) is 3.28. The smallest absolute Gasteiger partial charge is 0.0256 e. The molecule has 1 aromatic carbocycles. The van der Waals surface area contributed by atoms with Gasteiger partial charge in [0.2, 0.25) is 0 Å². The van der Waals surface area contributed by atoms with Crippen LogP contribution in [-0.4, -0.2) is 0 Å². The molecule has 0 fully saturated rings. The number of benzene rings is 1. The van der Waals surface area contributed by atoms with Crippen molar-refractivity contribution in [2.45, 2.75) is 25.7 Å². The molecule has 0 aromatic heterocycles. The van der Waals surface area contributed by atoms with E-state index in [-0.39, 0.29) is 0 Å². The monoisotopic (exact) mass is 260 g/mol. The predicted octanol–water partition coefficient (Wildman–Crippen LogP) is 4.37. The Morgan fingerprint density at radius 3 is 2.53 bits per heavy atom. The van der Waals surface area contributed by atoms with Crippen LogP contribution in [0.5, 0.6) is 0 Å². The Balaban J connectivity index is 2.29. The maximum absolute atomic E-state index is 3.68. The quantitative estimate of drug-likeness (QED) is 0.650. The van der Waals surface area contributed by atoms with Gasteiger partial charge < -0.3 is 0 Å². The van der Waals surface area contributed by atoms with E-state index >= 15 is 0 Å². The summed E-state index contributed by atoms with van der Waals surface area (Å²) in [6, 6.07) is 2.26. The summed E-state index contributed by atoms with van der Waals surface area (Å²) < 4.78 is 1.25. The fraction of sp³-hybridized carbons (Fsp3) is 0.286. The molecule has 3 rings (SSSR count). The lowest BCUT2D eigenvalue weighted by Gasteiger charge is -2.21. The van der Waals surface area contributed by atoms with Gasteiger partial charge in [0.05, 0.1) is 0 Å². The van der Waals surface area contributed by atoms with Gasteiger partial charge in [0.1, 0.15) is 0 Å². The molecular formula is C14H13Br. The van der Waals surface area contributed by atoms with Crippen LogP contribution < -0.4 is 0 Å². The summed E-state index contributed by atoms with van der Waals surface area (Å²) >= 11 is 3.68. The first kappa shape index (κ1) is 9.41. The lowest BCUT2D eigenvalue weighted by Crippen LogP contribution is -2.05. The summed E-state index contributed by atoms with van der Waals surface area (Å²) in [7, 11) is 0. The molecule has 76 valence electrons. The zero-order chi connectivity index (χ0) is 10.3. The molecule has 0 unspecified atom stereocenters. The van der Waals surface area contributed by atoms with Crippen molar-refractivity contribution in [3.8, 4) is 0 Å². The van der Waals surface area contributed by atoms with Gasteiger partial charge in [-0.1, -0.05) is 40.2 Å². The summed E-state index contributed by atoms with van der Waals surface area (Å²) in [6.45, 7) is 0. The number of hydrogen-bond donors (Lipinski definition) is 0. The average molecular weight is 261 g/mol. The fourth-order valence-corrected chi connectivity index (χ4v) is 3.18. The van der Waals surface area contributed by atoms with E-state index in [4.69, 9.17) is 0 Å². The zero-order valence-corrected chi connectivity index (χ0v) is 10.2. The minimum atomic E-state index is 1.19. The van der Waals surface area contributed by atoms with Crippen molar-refractivity contribution in [2.24, 2.45) is 0 Å². The molecule has 0 bridgehead atoms. The Morgan fingerprint density at radius 2 is 1.67 bits per heavy atom. The Hall–Kier alpha value is -0.820. The molecule has 1 heteroatoms. The molecule has 15 heavy (non-hydrogen) atoms. The molecule has 0 nitrogen and oxygen atoms in total. The summed E-state index contributed by atoms with van der Waals surface area (Å²) in [5.74, 6) is 0. The van der Waals surface area contributed by atoms with Crippen LogP contribution in [0, 0.1) is 0 Å². The number of halogens is 1. The fourth-order valence-electron chi connectivity index (χ4n) is 2.56. The summed E-state index contributed by atoms with van der Waals surface area (Å²) in [6.07, 6.45) is 13.9. The predicted molar refractivity (Wildman–Crippen MR) is 68.9 cm³/mol. The normalized spacial score (nSPS) is 17.4. The van der Waals surface area contributed by atoms with Gasteiger partial charge in [-0.15, -0.1) is 0 Å². The maximum Gasteiger partial charge on any atom is 0.0256 e. The third-order valence-corrected chi connectivity index (χ3v) is 3.94. The van der Waals surface area contributed by atoms with Crippen molar-refractivity contribution in [3.63, 3.8) is 0 Å². The van der Waals surface area contributed by atoms with E-state index in [1.807, 2.05) is 0 Å². The van der Waals surface area contributed by atoms with E-state index < -0.39 is 0 Å². The van der Waals surface area contributed by atoms with Crippen LogP contribution in [0.3, 0.4) is 0 Å². The minimum Gasteiger partial charge on any atom is -0.0836 e. The van der Waals surface area contributed by atoms with Crippen molar-refractivity contribution in [1.29, 1.82) is 0 Å². The van der Waals surface area contributed by atoms with Crippen LogP contribution in [0.4, 0.5) is 0 Å². The van der Waals surface area contributed by atoms with Gasteiger partial charge >= 0.3 is 0 Å². The second-order valence-corrected chi connectivity index (χ2v) is 5.05. The highest BCUT2D eigenvalue weighted by atomic mass is 79.9. The van der Waals surface area contributed by atoms with E-state index in [1.54, 1.807) is 11.1 Å². The topological polar surface area (TPSA) is 0 Å². The highest BCUT2D eigenvalue weighted by Gasteiger charge is 2.16. The second-order valence-electron chi connectivity index (χ2n) is 4.20. The van der Waals surface area contributed by atoms with Crippen molar-refractivity contribution < 1.29 is 0 Å². The van der Waals surface area contributed by atoms with Crippen molar-refractivity contribution >= 4 is 28.1 Å². The highest BCUT2D eigenvalue weighted by molar-refractivity contribution is 9.10. The number of fused-ring (bicyclic) bond motifs is 3. The molecule has 0 N–H and O–H groups in total. The van der Waals surface area contributed by atoms with E-state index in [1.165, 1.54) is 41.3 Å². The molecule has 0 heterocycles. The Morgan fingerprint density at radius 1 is 0.933 bits per heavy atom. The first-order valence-corrected chi connectivity index (χ1v) is 6.33. The molecule has 1 aromatic rings. The van der Waals surface area contributed by atoms with E-state index in [2.05, 4.69) is 46.3 Å². The molecule has 2 aliphatic rings. The van der Waals surface area contributed by atoms with Crippen molar-refractivity contribution in [1.82, 2.24) is 0 Å². The zero-order valence-electron chi connectivity index (χ0n) is 8.59. The molecule has 0 amide bonds. The third kappa shape index (κ3) is 1.50. The van der Waals surface area contributed by atoms with Crippen LogP contribution in [0.25, 0.3) is 12.2 Å². The van der Waals surface area contributed by atoms with Crippen LogP contribution in [-0.2, 0) is 12.8 Å². The molecule has 0 saturated carbocycles. The van der Waals surface area contributed by atoms with Crippen LogP contribution in [0.1, 0.15) is 35.1 Å². The van der Waals surface area contributed by atoms with E-state index in [0.717, 1.165) is 0 Å². The Kier molecular flexibility index (Phi) is 2.28. The van der Waals surface area contributed by atoms with Gasteiger partial charge in [0, 0.05) is 4.47 Å². The number of allylic oxidation sites excluding steroid dienone is 2.